The number of rotatable bonds is 8. The summed E-state index contributed by atoms with van der Waals surface area (Å²) >= 11 is 0. The molecule has 0 saturated heterocycles. The monoisotopic (exact) mass is 450 g/mol. The van der Waals surface area contributed by atoms with Gasteiger partial charge in [-0.15, -0.1) is 0 Å². The maximum Gasteiger partial charge on any atom is 0.412 e. The molecule has 1 heterocycles. The Kier molecular flexibility index (Phi) is 6.36. The van der Waals surface area contributed by atoms with Gasteiger partial charge in [-0.3, -0.25) is 15.2 Å². The Morgan fingerprint density at radius 3 is 2.30 bits per heavy atom. The molecule has 1 aromatic heterocycles. The van der Waals surface area contributed by atoms with Crippen LogP contribution in [0.4, 0.5) is 10.6 Å². The van der Waals surface area contributed by atoms with Crippen molar-refractivity contribution in [2.75, 3.05) is 18.5 Å². The lowest BCUT2D eigenvalue weighted by Gasteiger charge is -2.14. The molecule has 0 bridgehead atoms. The second-order valence-corrected chi connectivity index (χ2v) is 7.49. The van der Waals surface area contributed by atoms with E-state index in [4.69, 9.17) is 14.9 Å². The lowest BCUT2D eigenvalue weighted by atomic mass is 9.98. The number of carbonyl (C=O) groups excluding carboxylic acids is 2. The Morgan fingerprint density at radius 2 is 1.70 bits per heavy atom. The normalized spacial score (nSPS) is 13.0. The molecule has 0 saturated carbocycles. The number of amides is 2. The fourth-order valence-electron chi connectivity index (χ4n) is 3.86. The van der Waals surface area contributed by atoms with Gasteiger partial charge in [-0.2, -0.15) is 5.10 Å². The van der Waals surface area contributed by atoms with Crippen LogP contribution in [0.5, 0.6) is 0 Å². The highest BCUT2D eigenvalue weighted by Gasteiger charge is 2.29. The highest BCUT2D eigenvalue weighted by Crippen LogP contribution is 2.44. The summed E-state index contributed by atoms with van der Waals surface area (Å²) in [5, 5.41) is 29.0. The number of carbonyl (C=O) groups is 3. The van der Waals surface area contributed by atoms with Crippen molar-refractivity contribution in [1.29, 1.82) is 0 Å². The fourth-order valence-corrected chi connectivity index (χ4v) is 3.86. The molecular formula is C23H22N4O6. The van der Waals surface area contributed by atoms with E-state index in [9.17, 15) is 14.4 Å². The third kappa shape index (κ3) is 4.70. The average molecular weight is 450 g/mol. The van der Waals surface area contributed by atoms with Gasteiger partial charge >= 0.3 is 12.1 Å². The number of ether oxygens (including phenoxy) is 1. The molecule has 4 rings (SSSR count). The molecule has 10 heteroatoms. The number of carboxylic acids is 1. The standard InChI is InChI=1S/C23H22N4O6/c28-10-9-18(22(30)31)24-21(29)19-11-20(27-26-19)25-23(32)33-12-17-15-7-3-1-5-13(15)14-6-2-4-8-16(14)17/h1-8,11,17-18,28H,9-10,12H2,(H,24,29)(H,30,31)(H2,25,26,27,32)/t18-/m0/s1. The molecule has 1 aliphatic carbocycles. The highest BCUT2D eigenvalue weighted by molar-refractivity contribution is 5.96. The summed E-state index contributed by atoms with van der Waals surface area (Å²) in [6.07, 6.45) is -0.876. The van der Waals surface area contributed by atoms with E-state index in [1.54, 1.807) is 0 Å². The van der Waals surface area contributed by atoms with Crippen LogP contribution in [-0.2, 0) is 9.53 Å². The molecular weight excluding hydrogens is 428 g/mol. The van der Waals surface area contributed by atoms with E-state index in [0.29, 0.717) is 0 Å². The predicted octanol–water partition coefficient (Wildman–Crippen LogP) is 2.34. The molecule has 0 spiro atoms. The van der Waals surface area contributed by atoms with Crippen molar-refractivity contribution in [2.24, 2.45) is 0 Å². The first-order chi connectivity index (χ1) is 16.0. The van der Waals surface area contributed by atoms with Crippen LogP contribution >= 0.6 is 0 Å². The van der Waals surface area contributed by atoms with Crippen LogP contribution in [-0.4, -0.2) is 57.6 Å². The number of carboxylic acid groups (broad SMARTS) is 1. The van der Waals surface area contributed by atoms with Gasteiger partial charge in [0.05, 0.1) is 0 Å². The third-order valence-electron chi connectivity index (χ3n) is 5.42. The van der Waals surface area contributed by atoms with E-state index in [-0.39, 0.29) is 30.5 Å². The summed E-state index contributed by atoms with van der Waals surface area (Å²) in [7, 11) is 0. The fraction of sp³-hybridized carbons (Fsp3) is 0.217. The second-order valence-electron chi connectivity index (χ2n) is 7.49. The van der Waals surface area contributed by atoms with Gasteiger partial charge in [-0.25, -0.2) is 9.59 Å². The van der Waals surface area contributed by atoms with Crippen molar-refractivity contribution in [3.8, 4) is 11.1 Å². The van der Waals surface area contributed by atoms with Gasteiger partial charge in [0.25, 0.3) is 5.91 Å². The zero-order chi connectivity index (χ0) is 23.4. The molecule has 2 amide bonds. The summed E-state index contributed by atoms with van der Waals surface area (Å²) in [5.41, 5.74) is 4.35. The zero-order valence-corrected chi connectivity index (χ0v) is 17.4. The van der Waals surface area contributed by atoms with Crippen molar-refractivity contribution in [3.63, 3.8) is 0 Å². The molecule has 0 fully saturated rings. The van der Waals surface area contributed by atoms with Crippen LogP contribution in [0.3, 0.4) is 0 Å². The smallest absolute Gasteiger partial charge is 0.412 e. The Labute approximate surface area is 188 Å². The van der Waals surface area contributed by atoms with E-state index in [1.807, 2.05) is 48.5 Å². The largest absolute Gasteiger partial charge is 0.480 e. The number of aromatic nitrogens is 2. The summed E-state index contributed by atoms with van der Waals surface area (Å²) in [6.45, 7) is -0.270. The number of hydrogen-bond donors (Lipinski definition) is 5. The quantitative estimate of drug-likeness (QED) is 0.353. The Hall–Kier alpha value is -4.18. The third-order valence-corrected chi connectivity index (χ3v) is 5.42. The minimum absolute atomic E-state index is 0.0476. The molecule has 3 aromatic rings. The first-order valence-corrected chi connectivity index (χ1v) is 10.3. The lowest BCUT2D eigenvalue weighted by Crippen LogP contribution is -2.41. The van der Waals surface area contributed by atoms with Gasteiger partial charge in [-0.1, -0.05) is 48.5 Å². The van der Waals surface area contributed by atoms with Crippen LogP contribution < -0.4 is 10.6 Å². The summed E-state index contributed by atoms with van der Waals surface area (Å²) in [4.78, 5) is 35.6. The maximum atomic E-state index is 12.3. The van der Waals surface area contributed by atoms with Gasteiger partial charge in [0.2, 0.25) is 0 Å². The molecule has 1 atom stereocenters. The van der Waals surface area contributed by atoms with Crippen molar-refractivity contribution in [2.45, 2.75) is 18.4 Å². The topological polar surface area (TPSA) is 154 Å². The SMILES string of the molecule is O=C(Nc1cc(C(=O)N[C@@H](CCO)C(=O)O)[nH]n1)OCC1c2ccccc2-c2ccccc21. The molecule has 0 unspecified atom stereocenters. The van der Waals surface area contributed by atoms with E-state index >= 15 is 0 Å². The number of aliphatic hydroxyl groups excluding tert-OH is 1. The van der Waals surface area contributed by atoms with Crippen LogP contribution in [0.1, 0.15) is 34.0 Å². The first-order valence-electron chi connectivity index (χ1n) is 10.3. The number of aliphatic hydroxyl groups is 1. The van der Waals surface area contributed by atoms with Crippen molar-refractivity contribution >= 4 is 23.8 Å². The van der Waals surface area contributed by atoms with Gasteiger partial charge in [0.1, 0.15) is 18.3 Å². The Bertz CT molecular complexity index is 1150. The Morgan fingerprint density at radius 1 is 1.06 bits per heavy atom. The van der Waals surface area contributed by atoms with Crippen molar-refractivity contribution in [1.82, 2.24) is 15.5 Å². The molecule has 0 radical (unpaired) electrons. The van der Waals surface area contributed by atoms with Crippen molar-refractivity contribution < 1.29 is 29.3 Å². The second kappa shape index (κ2) is 9.53. The van der Waals surface area contributed by atoms with Gasteiger partial charge in [0, 0.05) is 25.0 Å². The summed E-state index contributed by atoms with van der Waals surface area (Å²) in [5.74, 6) is -2.05. The lowest BCUT2D eigenvalue weighted by molar-refractivity contribution is -0.139. The van der Waals surface area contributed by atoms with E-state index in [2.05, 4.69) is 20.8 Å². The molecule has 0 aliphatic heterocycles. The van der Waals surface area contributed by atoms with Crippen LogP contribution in [0.2, 0.25) is 0 Å². The Balaban J connectivity index is 1.36. The molecule has 10 nitrogen and oxygen atoms in total. The number of H-pyrrole nitrogens is 1. The average Bonchev–Trinajstić information content (AvgIpc) is 3.40. The van der Waals surface area contributed by atoms with E-state index < -0.39 is 30.6 Å². The number of fused-ring (bicyclic) bond motifs is 3. The number of benzene rings is 2. The molecule has 1 aliphatic rings. The minimum Gasteiger partial charge on any atom is -0.480 e. The number of aliphatic carboxylic acids is 1. The number of anilines is 1. The number of nitrogens with zero attached hydrogens (tertiary/aromatic N) is 1. The number of hydrogen-bond acceptors (Lipinski definition) is 6. The molecule has 5 N–H and O–H groups in total. The maximum absolute atomic E-state index is 12.3. The molecule has 170 valence electrons. The predicted molar refractivity (Wildman–Crippen MR) is 118 cm³/mol. The van der Waals surface area contributed by atoms with Gasteiger partial charge in [0.15, 0.2) is 5.82 Å². The molecule has 2 aromatic carbocycles. The van der Waals surface area contributed by atoms with Crippen molar-refractivity contribution in [3.05, 3.63) is 71.4 Å². The highest BCUT2D eigenvalue weighted by atomic mass is 16.5. The molecule has 33 heavy (non-hydrogen) atoms. The van der Waals surface area contributed by atoms with Crippen LogP contribution in [0.25, 0.3) is 11.1 Å². The minimum atomic E-state index is -1.27. The van der Waals surface area contributed by atoms with Gasteiger partial charge in [-0.05, 0) is 22.3 Å². The van der Waals surface area contributed by atoms with E-state index in [0.717, 1.165) is 22.3 Å². The number of nitrogens with one attached hydrogen (secondary N) is 3. The van der Waals surface area contributed by atoms with Crippen LogP contribution in [0, 0.1) is 0 Å². The van der Waals surface area contributed by atoms with Gasteiger partial charge < -0.3 is 20.3 Å². The van der Waals surface area contributed by atoms with E-state index in [1.165, 1.54) is 6.07 Å². The summed E-state index contributed by atoms with van der Waals surface area (Å²) in [6, 6.07) is 16.0. The first kappa shape index (κ1) is 22.0. The number of aromatic amines is 1. The zero-order valence-electron chi connectivity index (χ0n) is 17.4. The van der Waals surface area contributed by atoms with Crippen LogP contribution in [0.15, 0.2) is 54.6 Å². The summed E-state index contributed by atoms with van der Waals surface area (Å²) < 4.78 is 5.43.